The van der Waals surface area contributed by atoms with Crippen LogP contribution in [0.1, 0.15) is 71.8 Å². The molecule has 37 heavy (non-hydrogen) atoms. The van der Waals surface area contributed by atoms with Crippen LogP contribution in [0.25, 0.3) is 0 Å². The quantitative estimate of drug-likeness (QED) is 0.339. The molecule has 7 nitrogen and oxygen atoms in total. The van der Waals surface area contributed by atoms with Crippen molar-refractivity contribution in [3.8, 4) is 0 Å². The number of carbonyl (C=O) groups is 1. The molecule has 1 amide bonds. The summed E-state index contributed by atoms with van der Waals surface area (Å²) in [6.07, 6.45) is -4.51. The minimum Gasteiger partial charge on any atom is -0.387 e. The Bertz CT molecular complexity index is 1310. The average Bonchev–Trinajstić information content (AvgIpc) is 3.64. The zero-order valence-corrected chi connectivity index (χ0v) is 20.9. The van der Waals surface area contributed by atoms with E-state index in [1.165, 1.54) is 11.3 Å². The van der Waals surface area contributed by atoms with E-state index in [4.69, 9.17) is 21.4 Å². The van der Waals surface area contributed by atoms with Gasteiger partial charge < -0.3 is 9.74 Å². The molecule has 3 aromatic rings. The minimum atomic E-state index is -3.01. The Balaban J connectivity index is 1.17. The van der Waals surface area contributed by atoms with Crippen molar-refractivity contribution < 1.29 is 27.2 Å². The zero-order valence-electron chi connectivity index (χ0n) is 19.3. The molecule has 0 saturated carbocycles. The lowest BCUT2D eigenvalue weighted by Gasteiger charge is -2.31. The van der Waals surface area contributed by atoms with Crippen molar-refractivity contribution in [3.63, 3.8) is 0 Å². The van der Waals surface area contributed by atoms with Gasteiger partial charge >= 0.3 is 0 Å². The third-order valence-corrected chi connectivity index (χ3v) is 7.74. The molecule has 2 aliphatic heterocycles. The van der Waals surface area contributed by atoms with Crippen LogP contribution in [0.5, 0.6) is 0 Å². The van der Waals surface area contributed by atoms with Gasteiger partial charge in [0.15, 0.2) is 6.10 Å². The van der Waals surface area contributed by atoms with Gasteiger partial charge in [0.1, 0.15) is 23.6 Å². The van der Waals surface area contributed by atoms with E-state index in [9.17, 15) is 22.4 Å². The second-order valence-corrected chi connectivity index (χ2v) is 10.0. The Kier molecular flexibility index (Phi) is 7.47. The Labute approximate surface area is 218 Å². The largest absolute Gasteiger partial charge is 0.387 e. The number of aromatic nitrogens is 3. The first-order chi connectivity index (χ1) is 17.8. The van der Waals surface area contributed by atoms with Gasteiger partial charge in [-0.25, -0.2) is 22.5 Å². The molecule has 5 rings (SSSR count). The summed E-state index contributed by atoms with van der Waals surface area (Å²) in [6, 6.07) is 9.09. The summed E-state index contributed by atoms with van der Waals surface area (Å²) in [4.78, 5) is 24.6. The fourth-order valence-electron chi connectivity index (χ4n) is 4.43. The average molecular weight is 555 g/mol. The number of amides is 1. The third-order valence-electron chi connectivity index (χ3n) is 6.40. The van der Waals surface area contributed by atoms with Crippen molar-refractivity contribution in [2.24, 2.45) is 5.16 Å². The maximum absolute atomic E-state index is 13.2. The van der Waals surface area contributed by atoms with Crippen LogP contribution in [0.3, 0.4) is 0 Å². The monoisotopic (exact) mass is 554 g/mol. The molecular formula is C24H21ClF4N5O2S. The van der Waals surface area contributed by atoms with Gasteiger partial charge in [-0.2, -0.15) is 5.10 Å². The van der Waals surface area contributed by atoms with Crippen LogP contribution in [-0.2, 0) is 16.2 Å². The molecule has 0 unspecified atom stereocenters. The molecule has 1 atom stereocenters. The fourth-order valence-corrected chi connectivity index (χ4v) is 5.68. The molecule has 0 bridgehead atoms. The maximum atomic E-state index is 13.2. The molecule has 0 N–H and O–H groups in total. The lowest BCUT2D eigenvalue weighted by Crippen LogP contribution is -2.40. The van der Waals surface area contributed by atoms with Gasteiger partial charge in [0, 0.05) is 41.4 Å². The van der Waals surface area contributed by atoms with Crippen molar-refractivity contribution in [1.29, 1.82) is 0 Å². The minimum absolute atomic E-state index is 0.130. The molecule has 2 aliphatic rings. The predicted octanol–water partition coefficient (Wildman–Crippen LogP) is 5.94. The number of thiazole rings is 1. The van der Waals surface area contributed by atoms with Gasteiger partial charge in [0.2, 0.25) is 5.91 Å². The van der Waals surface area contributed by atoms with E-state index in [2.05, 4.69) is 16.3 Å². The SMILES string of the molecule is O=C(Cn1nc(C(F)F)cc1C(F)F)N1CCC(c2nc(C3=NO[C@H](c4[c]cccc4Cl)C3)cs2)CC1. The number of likely N-dealkylation sites (tertiary alicyclic amines) is 1. The van der Waals surface area contributed by atoms with Crippen molar-refractivity contribution >= 4 is 34.6 Å². The molecule has 13 heteroatoms. The van der Waals surface area contributed by atoms with Gasteiger partial charge in [-0.3, -0.25) is 9.48 Å². The van der Waals surface area contributed by atoms with E-state index in [-0.39, 0.29) is 12.0 Å². The van der Waals surface area contributed by atoms with Crippen molar-refractivity contribution in [2.45, 2.75) is 50.7 Å². The Morgan fingerprint density at radius 2 is 2.03 bits per heavy atom. The van der Waals surface area contributed by atoms with Crippen LogP contribution in [0.15, 0.2) is 34.8 Å². The topological polar surface area (TPSA) is 72.6 Å². The zero-order chi connectivity index (χ0) is 26.1. The number of benzene rings is 1. The molecule has 1 saturated heterocycles. The molecule has 2 aromatic heterocycles. The highest BCUT2D eigenvalue weighted by Crippen LogP contribution is 2.35. The van der Waals surface area contributed by atoms with E-state index in [0.717, 1.165) is 22.0 Å². The summed E-state index contributed by atoms with van der Waals surface area (Å²) < 4.78 is 52.9. The number of hydrogen-bond donors (Lipinski definition) is 0. The molecule has 1 aromatic carbocycles. The van der Waals surface area contributed by atoms with Gasteiger partial charge in [0.25, 0.3) is 12.9 Å². The molecule has 195 valence electrons. The Morgan fingerprint density at radius 3 is 2.73 bits per heavy atom. The van der Waals surface area contributed by atoms with Gasteiger partial charge in [-0.05, 0) is 31.0 Å². The van der Waals surface area contributed by atoms with Gasteiger partial charge in [-0.1, -0.05) is 28.9 Å². The lowest BCUT2D eigenvalue weighted by atomic mass is 9.97. The number of halogens is 5. The van der Waals surface area contributed by atoms with Crippen molar-refractivity contribution in [3.05, 3.63) is 68.4 Å². The van der Waals surface area contributed by atoms with E-state index in [1.54, 1.807) is 23.1 Å². The van der Waals surface area contributed by atoms with Crippen LogP contribution in [0.2, 0.25) is 5.02 Å². The third kappa shape index (κ3) is 5.49. The Hall–Kier alpha value is -2.99. The van der Waals surface area contributed by atoms with Crippen LogP contribution in [0, 0.1) is 6.07 Å². The molecule has 4 heterocycles. The summed E-state index contributed by atoms with van der Waals surface area (Å²) in [6.45, 7) is 0.294. The number of hydrogen-bond acceptors (Lipinski definition) is 6. The van der Waals surface area contributed by atoms with E-state index >= 15 is 0 Å². The van der Waals surface area contributed by atoms with Gasteiger partial charge in [0.05, 0.1) is 10.7 Å². The molecule has 0 aliphatic carbocycles. The number of alkyl halides is 4. The fraction of sp³-hybridized carbons (Fsp3) is 0.417. The van der Waals surface area contributed by atoms with Crippen molar-refractivity contribution in [1.82, 2.24) is 19.7 Å². The molecular weight excluding hydrogens is 534 g/mol. The first kappa shape index (κ1) is 25.7. The lowest BCUT2D eigenvalue weighted by molar-refractivity contribution is -0.133. The van der Waals surface area contributed by atoms with Crippen LogP contribution < -0.4 is 0 Å². The smallest absolute Gasteiger partial charge is 0.282 e. The van der Waals surface area contributed by atoms with Crippen LogP contribution >= 0.6 is 22.9 Å². The summed E-state index contributed by atoms with van der Waals surface area (Å²) in [5.74, 6) is -0.311. The first-order valence-electron chi connectivity index (χ1n) is 11.6. The number of nitrogens with zero attached hydrogens (tertiary/aromatic N) is 5. The first-order valence-corrected chi connectivity index (χ1v) is 12.8. The normalized spacial score (nSPS) is 18.5. The number of piperidine rings is 1. The summed E-state index contributed by atoms with van der Waals surface area (Å²) >= 11 is 7.76. The summed E-state index contributed by atoms with van der Waals surface area (Å²) in [7, 11) is 0. The highest BCUT2D eigenvalue weighted by molar-refractivity contribution is 7.10. The number of oxime groups is 1. The number of carbonyl (C=O) groups excluding carboxylic acids is 1. The highest BCUT2D eigenvalue weighted by Gasteiger charge is 2.30. The predicted molar refractivity (Wildman–Crippen MR) is 128 cm³/mol. The second kappa shape index (κ2) is 10.8. The van der Waals surface area contributed by atoms with Crippen molar-refractivity contribution in [2.75, 3.05) is 13.1 Å². The maximum Gasteiger partial charge on any atom is 0.282 e. The molecule has 0 spiro atoms. The standard InChI is InChI=1S/C24H21ClF4N5O2S/c25-15-4-2-1-3-14(15)20-10-16(32-36-20)18-12-37-24(30-18)13-5-7-33(8-6-13)21(35)11-34-19(23(28)29)9-17(31-34)22(26)27/h1-2,4,9,12-13,20,22-23H,5-8,10-11H2/t20-/m0/s1. The van der Waals surface area contributed by atoms with Gasteiger partial charge in [-0.15, -0.1) is 11.3 Å². The van der Waals surface area contributed by atoms with E-state index in [1.807, 2.05) is 5.38 Å². The van der Waals surface area contributed by atoms with E-state index < -0.39 is 36.7 Å². The highest BCUT2D eigenvalue weighted by atomic mass is 35.5. The number of rotatable bonds is 7. The summed E-state index contributed by atoms with van der Waals surface area (Å²) in [5, 5.41) is 11.1. The second-order valence-electron chi connectivity index (χ2n) is 8.75. The molecule has 1 radical (unpaired) electrons. The summed E-state index contributed by atoms with van der Waals surface area (Å²) in [5.41, 5.74) is 0.751. The van der Waals surface area contributed by atoms with E-state index in [0.29, 0.717) is 48.1 Å². The van der Waals surface area contributed by atoms with Crippen LogP contribution in [-0.4, -0.2) is 44.4 Å². The Morgan fingerprint density at radius 1 is 1.24 bits per heavy atom. The van der Waals surface area contributed by atoms with Crippen LogP contribution in [0.4, 0.5) is 17.6 Å². The molecule has 1 fully saturated rings.